The number of rotatable bonds is 4. The van der Waals surface area contributed by atoms with E-state index in [0.29, 0.717) is 4.88 Å². The molecule has 1 saturated heterocycles. The number of carbonyl (C=O) groups is 1. The molecule has 0 amide bonds. The van der Waals surface area contributed by atoms with Gasteiger partial charge in [-0.05, 0) is 49.9 Å². The van der Waals surface area contributed by atoms with Gasteiger partial charge in [-0.1, -0.05) is 13.8 Å². The monoisotopic (exact) mass is 267 g/mol. The van der Waals surface area contributed by atoms with E-state index in [-0.39, 0.29) is 0 Å². The van der Waals surface area contributed by atoms with Gasteiger partial charge in [-0.15, -0.1) is 11.3 Å². The summed E-state index contributed by atoms with van der Waals surface area (Å²) < 4.78 is 0. The van der Waals surface area contributed by atoms with Crippen molar-refractivity contribution in [3.8, 4) is 0 Å². The number of nitrogens with zero attached hydrogens (tertiary/aromatic N) is 1. The second kappa shape index (κ2) is 5.85. The highest BCUT2D eigenvalue weighted by Crippen LogP contribution is 2.26. The maximum atomic E-state index is 10.8. The molecule has 2 rings (SSSR count). The van der Waals surface area contributed by atoms with Crippen molar-refractivity contribution >= 4 is 17.3 Å². The van der Waals surface area contributed by atoms with Gasteiger partial charge in [0.15, 0.2) is 0 Å². The van der Waals surface area contributed by atoms with Crippen LogP contribution < -0.4 is 0 Å². The van der Waals surface area contributed by atoms with Crippen LogP contribution in [0.1, 0.15) is 41.2 Å². The highest BCUT2D eigenvalue weighted by Gasteiger charge is 2.21. The number of thiophene rings is 1. The Balaban J connectivity index is 1.85. The molecule has 0 aliphatic carbocycles. The van der Waals surface area contributed by atoms with Crippen molar-refractivity contribution in [1.29, 1.82) is 0 Å². The molecule has 0 atom stereocenters. The van der Waals surface area contributed by atoms with Crippen LogP contribution in [0.5, 0.6) is 0 Å². The minimum Gasteiger partial charge on any atom is -0.477 e. The Morgan fingerprint density at radius 3 is 2.61 bits per heavy atom. The average Bonchev–Trinajstić information content (AvgIpc) is 2.78. The lowest BCUT2D eigenvalue weighted by molar-refractivity contribution is 0.0702. The SMILES string of the molecule is CC(C)C1CCN(Cc2ccc(C(=O)O)s2)CC1. The van der Waals surface area contributed by atoms with E-state index in [2.05, 4.69) is 18.7 Å². The molecule has 0 radical (unpaired) electrons. The van der Waals surface area contributed by atoms with Crippen LogP contribution in [-0.4, -0.2) is 29.1 Å². The van der Waals surface area contributed by atoms with Gasteiger partial charge in [0.25, 0.3) is 0 Å². The Labute approximate surface area is 112 Å². The van der Waals surface area contributed by atoms with Crippen molar-refractivity contribution < 1.29 is 9.90 Å². The third-order valence-corrected chi connectivity index (χ3v) is 4.88. The Morgan fingerprint density at radius 2 is 2.11 bits per heavy atom. The van der Waals surface area contributed by atoms with E-state index in [4.69, 9.17) is 5.11 Å². The van der Waals surface area contributed by atoms with E-state index in [1.54, 1.807) is 6.07 Å². The van der Waals surface area contributed by atoms with Crippen molar-refractivity contribution in [1.82, 2.24) is 4.90 Å². The van der Waals surface area contributed by atoms with Gasteiger partial charge in [0.2, 0.25) is 0 Å². The highest BCUT2D eigenvalue weighted by molar-refractivity contribution is 7.13. The molecule has 2 heterocycles. The van der Waals surface area contributed by atoms with Crippen LogP contribution in [0, 0.1) is 11.8 Å². The molecule has 0 spiro atoms. The number of piperidine rings is 1. The van der Waals surface area contributed by atoms with Crippen LogP contribution in [0.3, 0.4) is 0 Å². The maximum absolute atomic E-state index is 10.8. The van der Waals surface area contributed by atoms with Crippen LogP contribution in [0.25, 0.3) is 0 Å². The molecular weight excluding hydrogens is 246 g/mol. The van der Waals surface area contributed by atoms with E-state index in [1.807, 2.05) is 6.07 Å². The van der Waals surface area contributed by atoms with Crippen LogP contribution >= 0.6 is 11.3 Å². The molecule has 1 aliphatic rings. The Bertz CT molecular complexity index is 406. The molecule has 3 nitrogen and oxygen atoms in total. The van der Waals surface area contributed by atoms with Gasteiger partial charge in [0, 0.05) is 11.4 Å². The van der Waals surface area contributed by atoms with Crippen molar-refractivity contribution in [2.75, 3.05) is 13.1 Å². The van der Waals surface area contributed by atoms with Crippen molar-refractivity contribution in [3.05, 3.63) is 21.9 Å². The van der Waals surface area contributed by atoms with E-state index >= 15 is 0 Å². The molecule has 4 heteroatoms. The molecule has 0 aromatic carbocycles. The molecule has 1 aromatic heterocycles. The quantitative estimate of drug-likeness (QED) is 0.910. The van der Waals surface area contributed by atoms with Gasteiger partial charge in [-0.2, -0.15) is 0 Å². The summed E-state index contributed by atoms with van der Waals surface area (Å²) in [6, 6.07) is 3.66. The predicted octanol–water partition coefficient (Wildman–Crippen LogP) is 3.31. The van der Waals surface area contributed by atoms with E-state index < -0.39 is 5.97 Å². The van der Waals surface area contributed by atoms with Gasteiger partial charge < -0.3 is 5.11 Å². The summed E-state index contributed by atoms with van der Waals surface area (Å²) in [4.78, 5) is 14.9. The maximum Gasteiger partial charge on any atom is 0.345 e. The summed E-state index contributed by atoms with van der Waals surface area (Å²) in [5.74, 6) is 0.830. The molecule has 1 fully saturated rings. The lowest BCUT2D eigenvalue weighted by Gasteiger charge is -2.33. The fraction of sp³-hybridized carbons (Fsp3) is 0.643. The highest BCUT2D eigenvalue weighted by atomic mass is 32.1. The largest absolute Gasteiger partial charge is 0.477 e. The van der Waals surface area contributed by atoms with Crippen LogP contribution in [0.15, 0.2) is 12.1 Å². The molecule has 1 aromatic rings. The molecule has 0 unspecified atom stereocenters. The van der Waals surface area contributed by atoms with E-state index in [1.165, 1.54) is 24.2 Å². The van der Waals surface area contributed by atoms with E-state index in [0.717, 1.165) is 36.3 Å². The number of carboxylic acids is 1. The molecular formula is C14H21NO2S. The summed E-state index contributed by atoms with van der Waals surface area (Å²) in [5, 5.41) is 8.90. The smallest absolute Gasteiger partial charge is 0.345 e. The Morgan fingerprint density at radius 1 is 1.44 bits per heavy atom. The van der Waals surface area contributed by atoms with Crippen molar-refractivity contribution in [2.24, 2.45) is 11.8 Å². The molecule has 0 bridgehead atoms. The number of likely N-dealkylation sites (tertiary alicyclic amines) is 1. The second-order valence-corrected chi connectivity index (χ2v) is 6.60. The first kappa shape index (κ1) is 13.6. The lowest BCUT2D eigenvalue weighted by atomic mass is 9.87. The molecule has 1 N–H and O–H groups in total. The topological polar surface area (TPSA) is 40.5 Å². The molecule has 1 aliphatic heterocycles. The summed E-state index contributed by atoms with van der Waals surface area (Å²) in [6.07, 6.45) is 2.55. The molecule has 0 saturated carbocycles. The number of aromatic carboxylic acids is 1. The third-order valence-electron chi connectivity index (χ3n) is 3.83. The average molecular weight is 267 g/mol. The minimum atomic E-state index is -0.815. The van der Waals surface area contributed by atoms with Gasteiger partial charge in [-0.25, -0.2) is 4.79 Å². The van der Waals surface area contributed by atoms with Gasteiger partial charge in [0.05, 0.1) is 0 Å². The molecule has 100 valence electrons. The first-order valence-electron chi connectivity index (χ1n) is 6.60. The first-order valence-corrected chi connectivity index (χ1v) is 7.42. The Hall–Kier alpha value is -0.870. The van der Waals surface area contributed by atoms with Crippen molar-refractivity contribution in [3.63, 3.8) is 0 Å². The standard InChI is InChI=1S/C14H21NO2S/c1-10(2)11-5-7-15(8-6-11)9-12-3-4-13(18-12)14(16)17/h3-4,10-11H,5-9H2,1-2H3,(H,16,17). The van der Waals surface area contributed by atoms with Crippen LogP contribution in [0.2, 0.25) is 0 Å². The third kappa shape index (κ3) is 3.33. The normalized spacial score (nSPS) is 18.4. The second-order valence-electron chi connectivity index (χ2n) is 5.43. The van der Waals surface area contributed by atoms with Crippen LogP contribution in [-0.2, 0) is 6.54 Å². The summed E-state index contributed by atoms with van der Waals surface area (Å²) in [6.45, 7) is 7.80. The zero-order chi connectivity index (χ0) is 13.1. The lowest BCUT2D eigenvalue weighted by Crippen LogP contribution is -2.34. The van der Waals surface area contributed by atoms with Gasteiger partial charge in [-0.3, -0.25) is 4.90 Å². The minimum absolute atomic E-state index is 0.446. The molecule has 18 heavy (non-hydrogen) atoms. The summed E-state index contributed by atoms with van der Waals surface area (Å²) in [5.41, 5.74) is 0. The van der Waals surface area contributed by atoms with E-state index in [9.17, 15) is 4.79 Å². The zero-order valence-electron chi connectivity index (χ0n) is 11.1. The fourth-order valence-corrected chi connectivity index (χ4v) is 3.47. The van der Waals surface area contributed by atoms with Gasteiger partial charge in [0.1, 0.15) is 4.88 Å². The Kier molecular flexibility index (Phi) is 4.40. The van der Waals surface area contributed by atoms with Crippen molar-refractivity contribution in [2.45, 2.75) is 33.2 Å². The van der Waals surface area contributed by atoms with Gasteiger partial charge >= 0.3 is 5.97 Å². The first-order chi connectivity index (χ1) is 8.56. The number of hydrogen-bond donors (Lipinski definition) is 1. The number of carboxylic acid groups (broad SMARTS) is 1. The summed E-state index contributed by atoms with van der Waals surface area (Å²) in [7, 11) is 0. The summed E-state index contributed by atoms with van der Waals surface area (Å²) >= 11 is 1.40. The zero-order valence-corrected chi connectivity index (χ0v) is 11.9. The predicted molar refractivity (Wildman–Crippen MR) is 74.1 cm³/mol. The van der Waals surface area contributed by atoms with Crippen LogP contribution in [0.4, 0.5) is 0 Å². The number of hydrogen-bond acceptors (Lipinski definition) is 3. The fourth-order valence-electron chi connectivity index (χ4n) is 2.58.